The van der Waals surface area contributed by atoms with E-state index in [1.165, 1.54) is 0 Å². The summed E-state index contributed by atoms with van der Waals surface area (Å²) < 4.78 is 12.4. The highest BCUT2D eigenvalue weighted by Crippen LogP contribution is 2.36. The van der Waals surface area contributed by atoms with Crippen LogP contribution in [0.4, 0.5) is 0 Å². The van der Waals surface area contributed by atoms with Crippen molar-refractivity contribution in [1.82, 2.24) is 14.8 Å². The summed E-state index contributed by atoms with van der Waals surface area (Å²) >= 11 is 0. The van der Waals surface area contributed by atoms with Gasteiger partial charge in [-0.1, -0.05) is 6.07 Å². The van der Waals surface area contributed by atoms with Gasteiger partial charge in [-0.15, -0.1) is 10.2 Å². The van der Waals surface area contributed by atoms with Crippen LogP contribution < -0.4 is 9.47 Å². The second kappa shape index (κ2) is 4.22. The molecule has 5 heteroatoms. The largest absolute Gasteiger partial charge is 0.496 e. The predicted octanol–water partition coefficient (Wildman–Crippen LogP) is 1.50. The van der Waals surface area contributed by atoms with Gasteiger partial charge < -0.3 is 14.0 Å². The van der Waals surface area contributed by atoms with Crippen molar-refractivity contribution >= 4 is 0 Å². The number of methoxy groups -OCH3 is 2. The minimum Gasteiger partial charge on any atom is -0.496 e. The van der Waals surface area contributed by atoms with Gasteiger partial charge in [0.1, 0.15) is 23.4 Å². The second-order valence-corrected chi connectivity index (χ2v) is 3.30. The topological polar surface area (TPSA) is 49.2 Å². The zero-order chi connectivity index (χ0) is 11.5. The number of hydrogen-bond donors (Lipinski definition) is 0. The lowest BCUT2D eigenvalue weighted by Gasteiger charge is -2.11. The minimum atomic E-state index is 0.717. The summed E-state index contributed by atoms with van der Waals surface area (Å²) in [6.07, 6.45) is 1.64. The maximum absolute atomic E-state index is 5.31. The summed E-state index contributed by atoms with van der Waals surface area (Å²) in [5.41, 5.74) is 0.812. The van der Waals surface area contributed by atoms with Crippen LogP contribution in [0.15, 0.2) is 24.5 Å². The van der Waals surface area contributed by atoms with E-state index < -0.39 is 0 Å². The molecule has 0 saturated heterocycles. The Kier molecular flexibility index (Phi) is 2.76. The van der Waals surface area contributed by atoms with Crippen molar-refractivity contribution in [3.8, 4) is 22.9 Å². The molecule has 2 rings (SSSR count). The van der Waals surface area contributed by atoms with Crippen molar-refractivity contribution in [3.05, 3.63) is 24.5 Å². The van der Waals surface area contributed by atoms with Crippen LogP contribution in [-0.2, 0) is 7.05 Å². The lowest BCUT2D eigenvalue weighted by Crippen LogP contribution is -1.98. The van der Waals surface area contributed by atoms with Gasteiger partial charge in [-0.3, -0.25) is 0 Å². The van der Waals surface area contributed by atoms with E-state index in [1.54, 1.807) is 20.5 Å². The van der Waals surface area contributed by atoms with Crippen molar-refractivity contribution in [2.45, 2.75) is 0 Å². The SMILES string of the molecule is COc1cccc(OC)c1-c1nncn1C. The Morgan fingerprint density at radius 1 is 1.12 bits per heavy atom. The average molecular weight is 219 g/mol. The number of hydrogen-bond acceptors (Lipinski definition) is 4. The number of nitrogens with zero attached hydrogens (tertiary/aromatic N) is 3. The fourth-order valence-corrected chi connectivity index (χ4v) is 1.58. The first-order chi connectivity index (χ1) is 7.77. The van der Waals surface area contributed by atoms with Crippen molar-refractivity contribution in [3.63, 3.8) is 0 Å². The number of rotatable bonds is 3. The summed E-state index contributed by atoms with van der Waals surface area (Å²) in [6.45, 7) is 0. The first kappa shape index (κ1) is 10.5. The first-order valence-electron chi connectivity index (χ1n) is 4.83. The monoisotopic (exact) mass is 219 g/mol. The summed E-state index contributed by atoms with van der Waals surface area (Å²) in [5, 5.41) is 7.91. The van der Waals surface area contributed by atoms with Crippen LogP contribution in [0.1, 0.15) is 0 Å². The zero-order valence-corrected chi connectivity index (χ0v) is 9.47. The fraction of sp³-hybridized carbons (Fsp3) is 0.273. The Morgan fingerprint density at radius 2 is 1.75 bits per heavy atom. The van der Waals surface area contributed by atoms with Crippen LogP contribution in [0.25, 0.3) is 11.4 Å². The van der Waals surface area contributed by atoms with Gasteiger partial charge in [-0.25, -0.2) is 0 Å². The third-order valence-corrected chi connectivity index (χ3v) is 2.36. The Hall–Kier alpha value is -2.04. The van der Waals surface area contributed by atoms with Gasteiger partial charge in [0.05, 0.1) is 14.2 Å². The van der Waals surface area contributed by atoms with Gasteiger partial charge in [0.25, 0.3) is 0 Å². The molecule has 0 spiro atoms. The number of benzene rings is 1. The molecule has 0 aliphatic rings. The van der Waals surface area contributed by atoms with E-state index in [2.05, 4.69) is 10.2 Å². The number of aryl methyl sites for hydroxylation is 1. The smallest absolute Gasteiger partial charge is 0.171 e. The van der Waals surface area contributed by atoms with Crippen LogP contribution in [0, 0.1) is 0 Å². The molecular weight excluding hydrogens is 206 g/mol. The van der Waals surface area contributed by atoms with E-state index in [9.17, 15) is 0 Å². The molecule has 0 N–H and O–H groups in total. The lowest BCUT2D eigenvalue weighted by molar-refractivity contribution is 0.396. The van der Waals surface area contributed by atoms with Crippen molar-refractivity contribution in [2.24, 2.45) is 7.05 Å². The maximum Gasteiger partial charge on any atom is 0.171 e. The molecule has 16 heavy (non-hydrogen) atoms. The molecule has 1 aromatic heterocycles. The Morgan fingerprint density at radius 3 is 2.19 bits per heavy atom. The molecule has 5 nitrogen and oxygen atoms in total. The highest BCUT2D eigenvalue weighted by Gasteiger charge is 2.16. The standard InChI is InChI=1S/C11H13N3O2/c1-14-7-12-13-11(14)10-8(15-2)5-4-6-9(10)16-3/h4-7H,1-3H3. The Bertz CT molecular complexity index is 471. The molecule has 0 aliphatic heterocycles. The van der Waals surface area contributed by atoms with Gasteiger partial charge in [-0.2, -0.15) is 0 Å². The zero-order valence-electron chi connectivity index (χ0n) is 9.47. The van der Waals surface area contributed by atoms with Gasteiger partial charge >= 0.3 is 0 Å². The molecule has 0 aliphatic carbocycles. The normalized spacial score (nSPS) is 10.2. The van der Waals surface area contributed by atoms with E-state index in [0.29, 0.717) is 5.82 Å². The lowest BCUT2D eigenvalue weighted by atomic mass is 10.1. The van der Waals surface area contributed by atoms with Crippen LogP contribution in [0.3, 0.4) is 0 Å². The molecule has 0 saturated carbocycles. The molecule has 0 unspecified atom stereocenters. The quantitative estimate of drug-likeness (QED) is 0.785. The molecule has 0 amide bonds. The maximum atomic E-state index is 5.31. The van der Waals surface area contributed by atoms with Crippen molar-refractivity contribution < 1.29 is 9.47 Å². The third-order valence-electron chi connectivity index (χ3n) is 2.36. The second-order valence-electron chi connectivity index (χ2n) is 3.30. The first-order valence-corrected chi connectivity index (χ1v) is 4.83. The summed E-state index contributed by atoms with van der Waals surface area (Å²) in [6, 6.07) is 5.61. The summed E-state index contributed by atoms with van der Waals surface area (Å²) in [7, 11) is 5.12. The molecule has 1 heterocycles. The molecule has 0 atom stereocenters. The molecule has 0 bridgehead atoms. The molecule has 0 fully saturated rings. The van der Waals surface area contributed by atoms with Gasteiger partial charge in [0.15, 0.2) is 5.82 Å². The van der Waals surface area contributed by atoms with E-state index in [4.69, 9.17) is 9.47 Å². The fourth-order valence-electron chi connectivity index (χ4n) is 1.58. The summed E-state index contributed by atoms with van der Waals surface area (Å²) in [5.74, 6) is 2.15. The number of ether oxygens (including phenoxy) is 2. The molecule has 0 radical (unpaired) electrons. The van der Waals surface area contributed by atoms with E-state index >= 15 is 0 Å². The van der Waals surface area contributed by atoms with Crippen LogP contribution >= 0.6 is 0 Å². The molecule has 1 aromatic carbocycles. The molecule has 2 aromatic rings. The van der Waals surface area contributed by atoms with Crippen LogP contribution in [-0.4, -0.2) is 29.0 Å². The third kappa shape index (κ3) is 1.60. The van der Waals surface area contributed by atoms with Crippen molar-refractivity contribution in [2.75, 3.05) is 14.2 Å². The van der Waals surface area contributed by atoms with E-state index in [0.717, 1.165) is 17.1 Å². The van der Waals surface area contributed by atoms with Gasteiger partial charge in [-0.05, 0) is 12.1 Å². The highest BCUT2D eigenvalue weighted by atomic mass is 16.5. The predicted molar refractivity (Wildman–Crippen MR) is 59.5 cm³/mol. The minimum absolute atomic E-state index is 0.717. The van der Waals surface area contributed by atoms with Gasteiger partial charge in [0.2, 0.25) is 0 Å². The average Bonchev–Trinajstić information content (AvgIpc) is 2.74. The van der Waals surface area contributed by atoms with Crippen LogP contribution in [0.5, 0.6) is 11.5 Å². The molecular formula is C11H13N3O2. The highest BCUT2D eigenvalue weighted by molar-refractivity contribution is 5.71. The summed E-state index contributed by atoms with van der Waals surface area (Å²) in [4.78, 5) is 0. The van der Waals surface area contributed by atoms with E-state index in [1.807, 2.05) is 29.8 Å². The van der Waals surface area contributed by atoms with E-state index in [-0.39, 0.29) is 0 Å². The van der Waals surface area contributed by atoms with Crippen molar-refractivity contribution in [1.29, 1.82) is 0 Å². The van der Waals surface area contributed by atoms with Gasteiger partial charge in [0, 0.05) is 7.05 Å². The number of aromatic nitrogens is 3. The Labute approximate surface area is 93.6 Å². The molecule has 84 valence electrons. The Balaban J connectivity index is 2.66. The van der Waals surface area contributed by atoms with Crippen LogP contribution in [0.2, 0.25) is 0 Å².